The summed E-state index contributed by atoms with van der Waals surface area (Å²) in [6.45, 7) is 2.88. The summed E-state index contributed by atoms with van der Waals surface area (Å²) in [4.78, 5) is 38.1. The minimum atomic E-state index is -0.634. The largest absolute Gasteiger partial charge is 0.407 e. The van der Waals surface area contributed by atoms with Crippen molar-refractivity contribution in [3.8, 4) is 0 Å². The molecule has 0 radical (unpaired) electrons. The molecule has 0 spiro atoms. The van der Waals surface area contributed by atoms with Crippen molar-refractivity contribution in [1.29, 1.82) is 0 Å². The molecule has 2 heterocycles. The predicted molar refractivity (Wildman–Crippen MR) is 82.1 cm³/mol. The van der Waals surface area contributed by atoms with Crippen LogP contribution in [0.5, 0.6) is 0 Å². The molecule has 0 saturated heterocycles. The van der Waals surface area contributed by atoms with Crippen molar-refractivity contribution in [1.82, 2.24) is 4.57 Å². The van der Waals surface area contributed by atoms with Gasteiger partial charge in [-0.2, -0.15) is 0 Å². The molecule has 3 rings (SSSR count). The smallest absolute Gasteiger partial charge is 0.363 e. The summed E-state index contributed by atoms with van der Waals surface area (Å²) in [7, 11) is 0. The predicted octanol–water partition coefficient (Wildman–Crippen LogP) is 2.53. The Morgan fingerprint density at radius 3 is 2.74 bits per heavy atom. The molecule has 8 nitrogen and oxygen atoms in total. The summed E-state index contributed by atoms with van der Waals surface area (Å²) in [6.07, 6.45) is 2.83. The highest BCUT2D eigenvalue weighted by atomic mass is 16.6. The van der Waals surface area contributed by atoms with Gasteiger partial charge in [-0.15, -0.1) is 0 Å². The number of hydrogen-bond acceptors (Lipinski definition) is 6. The first-order valence-electron chi connectivity index (χ1n) is 6.67. The van der Waals surface area contributed by atoms with E-state index in [0.29, 0.717) is 11.1 Å². The van der Waals surface area contributed by atoms with E-state index in [1.807, 2.05) is 0 Å². The molecular formula is C15H11N3O5. The van der Waals surface area contributed by atoms with Crippen LogP contribution in [0.2, 0.25) is 0 Å². The number of hydrogen-bond donors (Lipinski definition) is 0. The lowest BCUT2D eigenvalue weighted by Crippen LogP contribution is -2.03. The van der Waals surface area contributed by atoms with Crippen molar-refractivity contribution in [2.75, 3.05) is 0 Å². The first kappa shape index (κ1) is 14.6. The SMILES string of the molecule is CC(=O)n1cc(/C=C2\N=C(C)OC2=O)c2c([N+](=O)[O-])cccc21. The number of cyclic esters (lactones) is 1. The molecule has 1 aromatic heterocycles. The van der Waals surface area contributed by atoms with Crippen molar-refractivity contribution in [3.05, 3.63) is 45.8 Å². The molecule has 0 unspecified atom stereocenters. The van der Waals surface area contributed by atoms with Gasteiger partial charge in [-0.3, -0.25) is 19.5 Å². The summed E-state index contributed by atoms with van der Waals surface area (Å²) in [6, 6.07) is 4.45. The fourth-order valence-electron chi connectivity index (χ4n) is 2.48. The Balaban J connectivity index is 2.33. The summed E-state index contributed by atoms with van der Waals surface area (Å²) < 4.78 is 6.12. The third-order valence-electron chi connectivity index (χ3n) is 3.39. The second-order valence-electron chi connectivity index (χ2n) is 4.95. The molecule has 1 aliphatic heterocycles. The van der Waals surface area contributed by atoms with Crippen LogP contribution in [0, 0.1) is 10.1 Å². The van der Waals surface area contributed by atoms with Gasteiger partial charge in [0.25, 0.3) is 5.69 Å². The Hall–Kier alpha value is -3.29. The normalized spacial score (nSPS) is 15.8. The average molecular weight is 313 g/mol. The number of carbonyl (C=O) groups is 2. The minimum absolute atomic E-state index is 0.0308. The van der Waals surface area contributed by atoms with Gasteiger partial charge in [-0.05, 0) is 12.1 Å². The second kappa shape index (κ2) is 5.16. The average Bonchev–Trinajstić information content (AvgIpc) is 3.00. The van der Waals surface area contributed by atoms with Crippen molar-refractivity contribution in [2.45, 2.75) is 13.8 Å². The lowest BCUT2D eigenvalue weighted by molar-refractivity contribution is -0.383. The Kier molecular flexibility index (Phi) is 3.29. The van der Waals surface area contributed by atoms with Crippen LogP contribution >= 0.6 is 0 Å². The van der Waals surface area contributed by atoms with E-state index in [9.17, 15) is 19.7 Å². The highest BCUT2D eigenvalue weighted by Crippen LogP contribution is 2.32. The van der Waals surface area contributed by atoms with E-state index in [-0.39, 0.29) is 28.6 Å². The van der Waals surface area contributed by atoms with Crippen molar-refractivity contribution < 1.29 is 19.2 Å². The highest BCUT2D eigenvalue weighted by molar-refractivity contribution is 6.09. The molecule has 0 N–H and O–H groups in total. The number of nitro benzene ring substituents is 1. The molecule has 116 valence electrons. The fourth-order valence-corrected chi connectivity index (χ4v) is 2.48. The summed E-state index contributed by atoms with van der Waals surface area (Å²) in [5, 5.41) is 11.5. The zero-order valence-electron chi connectivity index (χ0n) is 12.3. The molecule has 1 aromatic carbocycles. The van der Waals surface area contributed by atoms with Gasteiger partial charge in [-0.25, -0.2) is 9.79 Å². The van der Waals surface area contributed by atoms with Gasteiger partial charge in [0.2, 0.25) is 5.91 Å². The number of aliphatic imine (C=N–C) groups is 1. The van der Waals surface area contributed by atoms with E-state index in [2.05, 4.69) is 4.99 Å². The van der Waals surface area contributed by atoms with Crippen molar-refractivity contribution in [2.24, 2.45) is 4.99 Å². The molecule has 0 aliphatic carbocycles. The van der Waals surface area contributed by atoms with E-state index in [4.69, 9.17) is 4.74 Å². The van der Waals surface area contributed by atoms with Crippen LogP contribution in [-0.4, -0.2) is 27.3 Å². The molecule has 1 aliphatic rings. The summed E-state index contributed by atoms with van der Waals surface area (Å²) in [5.74, 6) is -0.732. The van der Waals surface area contributed by atoms with Gasteiger partial charge in [0.15, 0.2) is 11.6 Å². The third-order valence-corrected chi connectivity index (χ3v) is 3.39. The van der Waals surface area contributed by atoms with E-state index < -0.39 is 10.9 Å². The molecular weight excluding hydrogens is 302 g/mol. The van der Waals surface area contributed by atoms with Crippen LogP contribution in [-0.2, 0) is 9.53 Å². The number of benzene rings is 1. The topological polar surface area (TPSA) is 104 Å². The van der Waals surface area contributed by atoms with Gasteiger partial charge in [-0.1, -0.05) is 6.07 Å². The van der Waals surface area contributed by atoms with Crippen LogP contribution in [0.3, 0.4) is 0 Å². The number of nitrogens with zero attached hydrogens (tertiary/aromatic N) is 3. The number of fused-ring (bicyclic) bond motifs is 1. The van der Waals surface area contributed by atoms with Crippen LogP contribution < -0.4 is 0 Å². The number of esters is 1. The molecule has 0 atom stereocenters. The maximum absolute atomic E-state index is 11.8. The highest BCUT2D eigenvalue weighted by Gasteiger charge is 2.24. The number of non-ortho nitro benzene ring substituents is 1. The van der Waals surface area contributed by atoms with E-state index in [1.54, 1.807) is 6.07 Å². The van der Waals surface area contributed by atoms with E-state index in [1.165, 1.54) is 42.8 Å². The minimum Gasteiger partial charge on any atom is -0.407 e. The molecule has 0 bridgehead atoms. The Bertz CT molecular complexity index is 936. The van der Waals surface area contributed by atoms with Crippen LogP contribution in [0.4, 0.5) is 5.69 Å². The maximum Gasteiger partial charge on any atom is 0.363 e. The second-order valence-corrected chi connectivity index (χ2v) is 4.95. The Morgan fingerprint density at radius 1 is 1.43 bits per heavy atom. The summed E-state index contributed by atoms with van der Waals surface area (Å²) in [5.41, 5.74) is 0.628. The van der Waals surface area contributed by atoms with Crippen LogP contribution in [0.25, 0.3) is 17.0 Å². The summed E-state index contributed by atoms with van der Waals surface area (Å²) >= 11 is 0. The van der Waals surface area contributed by atoms with Gasteiger partial charge in [0.1, 0.15) is 0 Å². The standard InChI is InChI=1S/C15H11N3O5/c1-8-16-11(15(20)23-8)6-10-7-17(9(2)19)12-4-3-5-13(14(10)12)18(21)22/h3-7H,1-2H3/b11-6-. The van der Waals surface area contributed by atoms with Crippen molar-refractivity contribution in [3.63, 3.8) is 0 Å². The quantitative estimate of drug-likeness (QED) is 0.367. The third kappa shape index (κ3) is 2.39. The molecule has 2 aromatic rings. The number of aromatic nitrogens is 1. The van der Waals surface area contributed by atoms with E-state index in [0.717, 1.165) is 0 Å². The number of rotatable bonds is 2. The number of nitro groups is 1. The number of ether oxygens (including phenoxy) is 1. The molecule has 0 amide bonds. The maximum atomic E-state index is 11.8. The van der Waals surface area contributed by atoms with Crippen molar-refractivity contribution >= 4 is 40.4 Å². The lowest BCUT2D eigenvalue weighted by atomic mass is 10.1. The van der Waals surface area contributed by atoms with Crippen LogP contribution in [0.15, 0.2) is 35.1 Å². The molecule has 0 fully saturated rings. The van der Waals surface area contributed by atoms with Gasteiger partial charge < -0.3 is 4.74 Å². The number of carbonyl (C=O) groups excluding carboxylic acids is 2. The monoisotopic (exact) mass is 313 g/mol. The Morgan fingerprint density at radius 2 is 2.17 bits per heavy atom. The van der Waals surface area contributed by atoms with E-state index >= 15 is 0 Å². The molecule has 8 heteroatoms. The lowest BCUT2D eigenvalue weighted by Gasteiger charge is -1.99. The van der Waals surface area contributed by atoms with Crippen LogP contribution in [0.1, 0.15) is 24.2 Å². The zero-order chi connectivity index (χ0) is 16.7. The van der Waals surface area contributed by atoms with Gasteiger partial charge >= 0.3 is 5.97 Å². The first-order chi connectivity index (χ1) is 10.9. The Labute approximate surface area is 129 Å². The fraction of sp³-hybridized carbons (Fsp3) is 0.133. The first-order valence-corrected chi connectivity index (χ1v) is 6.67. The molecule has 0 saturated carbocycles. The molecule has 23 heavy (non-hydrogen) atoms. The van der Waals surface area contributed by atoms with Gasteiger partial charge in [0.05, 0.1) is 15.8 Å². The zero-order valence-corrected chi connectivity index (χ0v) is 12.3. The van der Waals surface area contributed by atoms with Gasteiger partial charge in [0, 0.05) is 31.7 Å².